The van der Waals surface area contributed by atoms with Crippen molar-refractivity contribution in [3.05, 3.63) is 29.8 Å². The summed E-state index contributed by atoms with van der Waals surface area (Å²) in [7, 11) is 2.02. The van der Waals surface area contributed by atoms with E-state index in [0.29, 0.717) is 13.2 Å². The third-order valence-corrected chi connectivity index (χ3v) is 3.21. The van der Waals surface area contributed by atoms with Crippen LogP contribution in [0.3, 0.4) is 0 Å². The number of guanidine groups is 1. The van der Waals surface area contributed by atoms with E-state index in [1.54, 1.807) is 0 Å². The van der Waals surface area contributed by atoms with Gasteiger partial charge in [0.1, 0.15) is 5.75 Å². The van der Waals surface area contributed by atoms with Crippen LogP contribution < -0.4 is 10.1 Å². The number of hydrogen-bond donors (Lipinski definition) is 2. The van der Waals surface area contributed by atoms with E-state index in [0.717, 1.165) is 24.8 Å². The molecule has 5 nitrogen and oxygen atoms in total. The summed E-state index contributed by atoms with van der Waals surface area (Å²) in [6.45, 7) is 9.06. The lowest BCUT2D eigenvalue weighted by Gasteiger charge is -2.22. The molecule has 1 unspecified atom stereocenters. The lowest BCUT2D eigenvalue weighted by Crippen LogP contribution is -2.38. The first-order chi connectivity index (χ1) is 10.6. The number of aliphatic hydroxyl groups is 1. The van der Waals surface area contributed by atoms with E-state index in [2.05, 4.69) is 34.3 Å². The van der Waals surface area contributed by atoms with Crippen molar-refractivity contribution >= 4 is 5.96 Å². The number of aliphatic hydroxyl groups excluding tert-OH is 1. The van der Waals surface area contributed by atoms with Gasteiger partial charge >= 0.3 is 0 Å². The summed E-state index contributed by atoms with van der Waals surface area (Å²) in [4.78, 5) is 6.66. The summed E-state index contributed by atoms with van der Waals surface area (Å²) in [5.74, 6) is 1.93. The molecule has 0 spiro atoms. The Bertz CT molecular complexity index is 446. The highest BCUT2D eigenvalue weighted by atomic mass is 16.5. The van der Waals surface area contributed by atoms with Crippen LogP contribution in [0.5, 0.6) is 5.75 Å². The minimum Gasteiger partial charge on any atom is -0.494 e. The second-order valence-corrected chi connectivity index (χ2v) is 5.42. The number of aliphatic imine (C=N–C) groups is 1. The predicted octanol–water partition coefficient (Wildman–Crippen LogP) is 2.11. The molecule has 0 aliphatic heterocycles. The number of benzene rings is 1. The van der Waals surface area contributed by atoms with Crippen molar-refractivity contribution in [2.24, 2.45) is 10.9 Å². The second-order valence-electron chi connectivity index (χ2n) is 5.42. The smallest absolute Gasteiger partial charge is 0.193 e. The molecule has 5 heteroatoms. The molecule has 1 rings (SSSR count). The van der Waals surface area contributed by atoms with Crippen LogP contribution in [-0.4, -0.2) is 49.3 Å². The van der Waals surface area contributed by atoms with Crippen LogP contribution in [0.15, 0.2) is 29.3 Å². The lowest BCUT2D eigenvalue weighted by atomic mass is 10.2. The van der Waals surface area contributed by atoms with Crippen LogP contribution in [0.25, 0.3) is 0 Å². The molecule has 1 aromatic carbocycles. The largest absolute Gasteiger partial charge is 0.494 e. The molecular weight excluding hydrogens is 278 g/mol. The first-order valence-electron chi connectivity index (χ1n) is 7.92. The molecule has 1 aromatic rings. The Hall–Kier alpha value is -1.75. The highest BCUT2D eigenvalue weighted by Gasteiger charge is 2.08. The monoisotopic (exact) mass is 307 g/mol. The molecule has 0 bridgehead atoms. The summed E-state index contributed by atoms with van der Waals surface area (Å²) in [6, 6.07) is 8.12. The minimum atomic E-state index is 0.158. The van der Waals surface area contributed by atoms with Crippen molar-refractivity contribution in [2.75, 3.05) is 33.4 Å². The van der Waals surface area contributed by atoms with Crippen molar-refractivity contribution in [1.82, 2.24) is 10.2 Å². The Morgan fingerprint density at radius 1 is 1.32 bits per heavy atom. The zero-order valence-electron chi connectivity index (χ0n) is 14.2. The molecule has 0 amide bonds. The fourth-order valence-corrected chi connectivity index (χ4v) is 1.98. The molecule has 1 atom stereocenters. The van der Waals surface area contributed by atoms with Gasteiger partial charge in [0.15, 0.2) is 5.96 Å². The molecular formula is C17H29N3O2. The van der Waals surface area contributed by atoms with E-state index < -0.39 is 0 Å². The van der Waals surface area contributed by atoms with E-state index in [1.807, 2.05) is 33.0 Å². The van der Waals surface area contributed by atoms with E-state index in [-0.39, 0.29) is 12.5 Å². The average Bonchev–Trinajstić information content (AvgIpc) is 2.53. The fourth-order valence-electron chi connectivity index (χ4n) is 1.98. The Labute approximate surface area is 134 Å². The fraction of sp³-hybridized carbons (Fsp3) is 0.588. The van der Waals surface area contributed by atoms with Crippen molar-refractivity contribution < 1.29 is 9.84 Å². The molecule has 0 aromatic heterocycles. The molecule has 124 valence electrons. The Kier molecular flexibility index (Phi) is 8.36. The van der Waals surface area contributed by atoms with Crippen LogP contribution >= 0.6 is 0 Å². The molecule has 0 saturated carbocycles. The highest BCUT2D eigenvalue weighted by Crippen LogP contribution is 2.13. The molecule has 22 heavy (non-hydrogen) atoms. The molecule has 0 aliphatic rings. The zero-order chi connectivity index (χ0) is 16.4. The molecule has 0 aliphatic carbocycles. The first-order valence-corrected chi connectivity index (χ1v) is 7.92. The third kappa shape index (κ3) is 6.35. The summed E-state index contributed by atoms with van der Waals surface area (Å²) in [5.41, 5.74) is 1.20. The summed E-state index contributed by atoms with van der Waals surface area (Å²) in [6.07, 6.45) is 0. The van der Waals surface area contributed by atoms with Gasteiger partial charge in [0.2, 0.25) is 0 Å². The van der Waals surface area contributed by atoms with Gasteiger partial charge < -0.3 is 20.1 Å². The van der Waals surface area contributed by atoms with Gasteiger partial charge in [-0.15, -0.1) is 0 Å². The molecule has 0 fully saturated rings. The van der Waals surface area contributed by atoms with Gasteiger partial charge in [-0.05, 0) is 37.5 Å². The molecule has 0 heterocycles. The first kappa shape index (κ1) is 18.3. The summed E-state index contributed by atoms with van der Waals surface area (Å²) >= 11 is 0. The van der Waals surface area contributed by atoms with Gasteiger partial charge in [0.05, 0.1) is 6.61 Å². The average molecular weight is 307 g/mol. The summed E-state index contributed by atoms with van der Waals surface area (Å²) < 4.78 is 5.46. The number of ether oxygens (including phenoxy) is 1. The maximum absolute atomic E-state index is 9.11. The van der Waals surface area contributed by atoms with Crippen LogP contribution in [0.1, 0.15) is 26.3 Å². The Morgan fingerprint density at radius 2 is 2.00 bits per heavy atom. The topological polar surface area (TPSA) is 57.1 Å². The molecule has 0 saturated heterocycles. The van der Waals surface area contributed by atoms with Gasteiger partial charge in [-0.25, -0.2) is 0 Å². The number of rotatable bonds is 8. The normalized spacial score (nSPS) is 12.9. The Morgan fingerprint density at radius 3 is 2.55 bits per heavy atom. The number of hydrogen-bond acceptors (Lipinski definition) is 3. The SMILES string of the molecule is CCNC(=NCC(C)CO)N(C)Cc1ccc(OCC)cc1. The zero-order valence-corrected chi connectivity index (χ0v) is 14.2. The van der Waals surface area contributed by atoms with Crippen molar-refractivity contribution in [1.29, 1.82) is 0 Å². The molecule has 0 radical (unpaired) electrons. The van der Waals surface area contributed by atoms with Crippen LogP contribution in [0.4, 0.5) is 0 Å². The van der Waals surface area contributed by atoms with Crippen LogP contribution in [0, 0.1) is 5.92 Å². The minimum absolute atomic E-state index is 0.158. The van der Waals surface area contributed by atoms with E-state index >= 15 is 0 Å². The van der Waals surface area contributed by atoms with Crippen molar-refractivity contribution in [3.63, 3.8) is 0 Å². The second kappa shape index (κ2) is 10.1. The number of nitrogens with one attached hydrogen (secondary N) is 1. The van der Waals surface area contributed by atoms with Gasteiger partial charge in [-0.3, -0.25) is 4.99 Å². The van der Waals surface area contributed by atoms with Gasteiger partial charge in [0.25, 0.3) is 0 Å². The molecule has 2 N–H and O–H groups in total. The Balaban J connectivity index is 2.67. The summed E-state index contributed by atoms with van der Waals surface area (Å²) in [5, 5.41) is 12.4. The maximum atomic E-state index is 9.11. The standard InChI is InChI=1S/C17H29N3O2/c1-5-18-17(19-11-14(3)13-21)20(4)12-15-7-9-16(10-8-15)22-6-2/h7-10,14,21H,5-6,11-13H2,1-4H3,(H,18,19). The van der Waals surface area contributed by atoms with Gasteiger partial charge in [-0.2, -0.15) is 0 Å². The predicted molar refractivity (Wildman–Crippen MR) is 91.3 cm³/mol. The van der Waals surface area contributed by atoms with E-state index in [4.69, 9.17) is 9.84 Å². The third-order valence-electron chi connectivity index (χ3n) is 3.21. The van der Waals surface area contributed by atoms with Crippen molar-refractivity contribution in [2.45, 2.75) is 27.3 Å². The van der Waals surface area contributed by atoms with Crippen molar-refractivity contribution in [3.8, 4) is 5.75 Å². The number of nitrogens with zero attached hydrogens (tertiary/aromatic N) is 2. The maximum Gasteiger partial charge on any atom is 0.193 e. The van der Waals surface area contributed by atoms with Crippen LogP contribution in [0.2, 0.25) is 0 Å². The quantitative estimate of drug-likeness (QED) is 0.570. The van der Waals surface area contributed by atoms with Crippen LogP contribution in [-0.2, 0) is 6.54 Å². The van der Waals surface area contributed by atoms with Gasteiger partial charge in [0, 0.05) is 33.3 Å². The lowest BCUT2D eigenvalue weighted by molar-refractivity contribution is 0.241. The van der Waals surface area contributed by atoms with E-state index in [1.165, 1.54) is 5.56 Å². The van der Waals surface area contributed by atoms with E-state index in [9.17, 15) is 0 Å². The highest BCUT2D eigenvalue weighted by molar-refractivity contribution is 5.79. The van der Waals surface area contributed by atoms with Gasteiger partial charge in [-0.1, -0.05) is 19.1 Å².